The monoisotopic (exact) mass is 234 g/mol. The summed E-state index contributed by atoms with van der Waals surface area (Å²) in [6.45, 7) is 4.47. The number of Topliss-reactive ketones (excluding diaryl/α,β-unsaturated/α-hetero) is 1. The molecule has 0 aromatic carbocycles. The van der Waals surface area contributed by atoms with Gasteiger partial charge in [0.2, 0.25) is 0 Å². The average Bonchev–Trinajstić information content (AvgIpc) is 2.77. The van der Waals surface area contributed by atoms with Gasteiger partial charge in [0, 0.05) is 5.92 Å². The normalized spacial score (nSPS) is 32.5. The number of carbonyl (C=O) groups excluding carboxylic acids is 1. The Morgan fingerprint density at radius 1 is 1.24 bits per heavy atom. The van der Waals surface area contributed by atoms with E-state index in [1.807, 2.05) is 0 Å². The Morgan fingerprint density at radius 3 is 2.76 bits per heavy atom. The Hall–Kier alpha value is -0.590. The van der Waals surface area contributed by atoms with Gasteiger partial charge in [-0.15, -0.1) is 0 Å². The van der Waals surface area contributed by atoms with Gasteiger partial charge in [-0.25, -0.2) is 0 Å². The van der Waals surface area contributed by atoms with Gasteiger partial charge in [0.05, 0.1) is 0 Å². The second-order valence-corrected chi connectivity index (χ2v) is 5.83. The molecular weight excluding hydrogens is 208 g/mol. The fraction of sp³-hybridized carbons (Fsp3) is 0.812. The van der Waals surface area contributed by atoms with E-state index in [4.69, 9.17) is 0 Å². The van der Waals surface area contributed by atoms with Crippen molar-refractivity contribution >= 4 is 5.78 Å². The molecule has 96 valence electrons. The highest BCUT2D eigenvalue weighted by molar-refractivity contribution is 5.99. The van der Waals surface area contributed by atoms with Crippen molar-refractivity contribution < 1.29 is 4.79 Å². The van der Waals surface area contributed by atoms with Crippen molar-refractivity contribution in [1.82, 2.24) is 0 Å². The molecular formula is C16H26O. The van der Waals surface area contributed by atoms with Gasteiger partial charge in [0.1, 0.15) is 0 Å². The van der Waals surface area contributed by atoms with E-state index in [1.54, 1.807) is 0 Å². The first kappa shape index (κ1) is 12.9. The molecule has 0 saturated heterocycles. The van der Waals surface area contributed by atoms with E-state index in [9.17, 15) is 4.79 Å². The lowest BCUT2D eigenvalue weighted by Gasteiger charge is -2.35. The molecule has 1 heteroatoms. The summed E-state index contributed by atoms with van der Waals surface area (Å²) in [5.74, 6) is 2.18. The largest absolute Gasteiger partial charge is 0.294 e. The van der Waals surface area contributed by atoms with Gasteiger partial charge in [-0.2, -0.15) is 0 Å². The standard InChI is InChI=1S/C16H26O/c1-3-5-9-14-12(7-4-2)11-13-8-6-10-15(13)16(14)17/h10,12-14H,3-9,11H2,1-2H3/t12-,13+,14+/m1/s1. The Balaban J connectivity index is 2.09. The molecule has 0 N–H and O–H groups in total. The van der Waals surface area contributed by atoms with Gasteiger partial charge < -0.3 is 0 Å². The van der Waals surface area contributed by atoms with Crippen LogP contribution in [0.4, 0.5) is 0 Å². The predicted molar refractivity (Wildman–Crippen MR) is 71.8 cm³/mol. The van der Waals surface area contributed by atoms with Crippen LogP contribution in [0.5, 0.6) is 0 Å². The van der Waals surface area contributed by atoms with E-state index in [1.165, 1.54) is 44.1 Å². The number of carbonyl (C=O) groups is 1. The molecule has 1 nitrogen and oxygen atoms in total. The van der Waals surface area contributed by atoms with Crippen LogP contribution >= 0.6 is 0 Å². The summed E-state index contributed by atoms with van der Waals surface area (Å²) in [5, 5.41) is 0. The highest BCUT2D eigenvalue weighted by atomic mass is 16.1. The van der Waals surface area contributed by atoms with Gasteiger partial charge in [0.25, 0.3) is 0 Å². The average molecular weight is 234 g/mol. The molecule has 0 spiro atoms. The number of hydrogen-bond donors (Lipinski definition) is 0. The SMILES string of the molecule is CCCC[C@@H]1C(=O)C2=CCC[C@H]2C[C@H]1CCC. The minimum absolute atomic E-state index is 0.357. The van der Waals surface area contributed by atoms with E-state index in [-0.39, 0.29) is 0 Å². The minimum Gasteiger partial charge on any atom is -0.294 e. The molecule has 1 saturated carbocycles. The first-order valence-electron chi connectivity index (χ1n) is 7.52. The molecule has 0 aromatic rings. The summed E-state index contributed by atoms with van der Waals surface area (Å²) >= 11 is 0. The zero-order valence-electron chi connectivity index (χ0n) is 11.4. The van der Waals surface area contributed by atoms with E-state index in [0.717, 1.165) is 12.8 Å². The zero-order chi connectivity index (χ0) is 12.3. The highest BCUT2D eigenvalue weighted by Gasteiger charge is 2.40. The molecule has 0 radical (unpaired) electrons. The summed E-state index contributed by atoms with van der Waals surface area (Å²) in [6, 6.07) is 0. The Labute approximate surface area is 106 Å². The van der Waals surface area contributed by atoms with Crippen LogP contribution < -0.4 is 0 Å². The van der Waals surface area contributed by atoms with Crippen molar-refractivity contribution in [2.45, 2.75) is 65.2 Å². The summed E-state index contributed by atoms with van der Waals surface area (Å²) < 4.78 is 0. The Morgan fingerprint density at radius 2 is 2.06 bits per heavy atom. The van der Waals surface area contributed by atoms with E-state index >= 15 is 0 Å². The van der Waals surface area contributed by atoms with Crippen molar-refractivity contribution in [3.05, 3.63) is 11.6 Å². The van der Waals surface area contributed by atoms with E-state index < -0.39 is 0 Å². The van der Waals surface area contributed by atoms with Crippen LogP contribution in [-0.4, -0.2) is 5.78 Å². The maximum Gasteiger partial charge on any atom is 0.162 e. The summed E-state index contributed by atoms with van der Waals surface area (Å²) in [6.07, 6.45) is 11.9. The lowest BCUT2D eigenvalue weighted by Crippen LogP contribution is -2.34. The molecule has 3 atom stereocenters. The number of fused-ring (bicyclic) bond motifs is 1. The smallest absolute Gasteiger partial charge is 0.162 e. The van der Waals surface area contributed by atoms with Crippen molar-refractivity contribution in [2.24, 2.45) is 17.8 Å². The van der Waals surface area contributed by atoms with Crippen LogP contribution in [0.1, 0.15) is 65.2 Å². The van der Waals surface area contributed by atoms with Gasteiger partial charge in [-0.1, -0.05) is 39.2 Å². The Bertz CT molecular complexity index is 303. The maximum absolute atomic E-state index is 12.5. The maximum atomic E-state index is 12.5. The van der Waals surface area contributed by atoms with Crippen LogP contribution in [0.25, 0.3) is 0 Å². The molecule has 2 rings (SSSR count). The van der Waals surface area contributed by atoms with Crippen LogP contribution in [0, 0.1) is 17.8 Å². The number of hydrogen-bond acceptors (Lipinski definition) is 1. The molecule has 1 fully saturated rings. The molecule has 2 aliphatic carbocycles. The third kappa shape index (κ3) is 2.64. The van der Waals surface area contributed by atoms with E-state index in [2.05, 4.69) is 19.9 Å². The van der Waals surface area contributed by atoms with Crippen molar-refractivity contribution in [3.8, 4) is 0 Å². The summed E-state index contributed by atoms with van der Waals surface area (Å²) in [5.41, 5.74) is 1.21. The second-order valence-electron chi connectivity index (χ2n) is 5.83. The van der Waals surface area contributed by atoms with Gasteiger partial charge in [0.15, 0.2) is 5.78 Å². The van der Waals surface area contributed by atoms with Crippen LogP contribution in [-0.2, 0) is 4.79 Å². The highest BCUT2D eigenvalue weighted by Crippen LogP contribution is 2.44. The lowest BCUT2D eigenvalue weighted by molar-refractivity contribution is -0.123. The second kappa shape index (κ2) is 5.84. The molecule has 0 aromatic heterocycles. The molecule has 0 heterocycles. The van der Waals surface area contributed by atoms with Crippen LogP contribution in [0.15, 0.2) is 11.6 Å². The summed E-state index contributed by atoms with van der Waals surface area (Å²) in [7, 11) is 0. The van der Waals surface area contributed by atoms with Gasteiger partial charge in [-0.3, -0.25) is 4.79 Å². The molecule has 0 aliphatic heterocycles. The van der Waals surface area contributed by atoms with E-state index in [0.29, 0.717) is 23.5 Å². The first-order valence-corrected chi connectivity index (χ1v) is 7.52. The van der Waals surface area contributed by atoms with Crippen molar-refractivity contribution in [2.75, 3.05) is 0 Å². The van der Waals surface area contributed by atoms with Crippen molar-refractivity contribution in [1.29, 1.82) is 0 Å². The quantitative estimate of drug-likeness (QED) is 0.683. The molecule has 17 heavy (non-hydrogen) atoms. The van der Waals surface area contributed by atoms with Gasteiger partial charge >= 0.3 is 0 Å². The zero-order valence-corrected chi connectivity index (χ0v) is 11.4. The van der Waals surface area contributed by atoms with Crippen LogP contribution in [0.3, 0.4) is 0 Å². The number of ketones is 1. The third-order valence-electron chi connectivity index (χ3n) is 4.62. The lowest BCUT2D eigenvalue weighted by atomic mass is 9.68. The fourth-order valence-electron chi connectivity index (χ4n) is 3.75. The topological polar surface area (TPSA) is 17.1 Å². The predicted octanol–water partition coefficient (Wildman–Crippen LogP) is 4.52. The third-order valence-corrected chi connectivity index (χ3v) is 4.62. The van der Waals surface area contributed by atoms with Gasteiger partial charge in [-0.05, 0) is 49.5 Å². The van der Waals surface area contributed by atoms with Crippen molar-refractivity contribution in [3.63, 3.8) is 0 Å². The molecule has 0 amide bonds. The summed E-state index contributed by atoms with van der Waals surface area (Å²) in [4.78, 5) is 12.5. The minimum atomic E-state index is 0.357. The molecule has 2 aliphatic rings. The number of allylic oxidation sites excluding steroid dienone is 2. The first-order chi connectivity index (χ1) is 8.27. The fourth-order valence-corrected chi connectivity index (χ4v) is 3.75. The van der Waals surface area contributed by atoms with Crippen LogP contribution in [0.2, 0.25) is 0 Å². The number of rotatable bonds is 5. The molecule has 0 unspecified atom stereocenters. The number of unbranched alkanes of at least 4 members (excludes halogenated alkanes) is 1. The molecule has 0 bridgehead atoms. The Kier molecular flexibility index (Phi) is 4.42.